The number of carbonyl (C=O) groups is 3. The standard InChI is InChI=1S/C24H18FN5O4/c25-15-6-10-17(11-7-15)30-23(32)21-22(24(30)33)29(28-27-21)14-20(31)26-16-8-12-19(13-9-16)34-18-4-2-1-3-5-18/h1-13,21-22H,14H2,(H,26,31)/t21-,22-/m1/s1. The van der Waals surface area contributed by atoms with Crippen molar-refractivity contribution in [1.82, 2.24) is 5.01 Å². The Labute approximate surface area is 193 Å². The first-order chi connectivity index (χ1) is 16.5. The molecule has 0 bridgehead atoms. The summed E-state index contributed by atoms with van der Waals surface area (Å²) in [4.78, 5) is 39.1. The van der Waals surface area contributed by atoms with Gasteiger partial charge in [-0.05, 0) is 60.7 Å². The molecule has 1 saturated heterocycles. The third kappa shape index (κ3) is 4.08. The van der Waals surface area contributed by atoms with E-state index in [0.717, 1.165) is 17.0 Å². The van der Waals surface area contributed by atoms with Gasteiger partial charge in [-0.3, -0.25) is 19.4 Å². The maximum Gasteiger partial charge on any atom is 0.263 e. The molecular formula is C24H18FN5O4. The molecule has 3 amide bonds. The van der Waals surface area contributed by atoms with Crippen LogP contribution in [0.15, 0.2) is 89.2 Å². The van der Waals surface area contributed by atoms with E-state index in [1.807, 2.05) is 30.3 Å². The van der Waals surface area contributed by atoms with Crippen molar-refractivity contribution in [3.05, 3.63) is 84.7 Å². The number of rotatable bonds is 6. The molecule has 10 heteroatoms. The summed E-state index contributed by atoms with van der Waals surface area (Å²) in [5.74, 6) is -0.753. The summed E-state index contributed by atoms with van der Waals surface area (Å²) in [5.41, 5.74) is 0.767. The first-order valence-corrected chi connectivity index (χ1v) is 10.4. The fourth-order valence-electron chi connectivity index (χ4n) is 3.78. The third-order valence-electron chi connectivity index (χ3n) is 5.37. The molecular weight excluding hydrogens is 441 g/mol. The topological polar surface area (TPSA) is 104 Å². The Morgan fingerprint density at radius 1 is 0.912 bits per heavy atom. The molecule has 2 aliphatic rings. The quantitative estimate of drug-likeness (QED) is 0.568. The molecule has 2 atom stereocenters. The zero-order valence-corrected chi connectivity index (χ0v) is 17.7. The van der Waals surface area contributed by atoms with Gasteiger partial charge in [-0.15, -0.1) is 0 Å². The molecule has 0 spiro atoms. The molecule has 5 rings (SSSR count). The minimum absolute atomic E-state index is 0.239. The van der Waals surface area contributed by atoms with E-state index in [1.54, 1.807) is 24.3 Å². The highest BCUT2D eigenvalue weighted by Gasteiger charge is 2.55. The molecule has 0 radical (unpaired) electrons. The van der Waals surface area contributed by atoms with Crippen molar-refractivity contribution in [3.63, 3.8) is 0 Å². The molecule has 0 saturated carbocycles. The van der Waals surface area contributed by atoms with Gasteiger partial charge >= 0.3 is 0 Å². The Morgan fingerprint density at radius 2 is 1.59 bits per heavy atom. The second-order valence-electron chi connectivity index (χ2n) is 7.67. The van der Waals surface area contributed by atoms with Crippen molar-refractivity contribution in [2.24, 2.45) is 10.3 Å². The fraction of sp³-hybridized carbons (Fsp3) is 0.125. The lowest BCUT2D eigenvalue weighted by Gasteiger charge is -2.20. The molecule has 1 N–H and O–H groups in total. The second kappa shape index (κ2) is 8.74. The van der Waals surface area contributed by atoms with Crippen LogP contribution in [-0.4, -0.2) is 41.4 Å². The van der Waals surface area contributed by atoms with Gasteiger partial charge in [0.25, 0.3) is 11.8 Å². The number of fused-ring (bicyclic) bond motifs is 1. The maximum atomic E-state index is 13.2. The number of anilines is 2. The lowest BCUT2D eigenvalue weighted by Crippen LogP contribution is -2.43. The van der Waals surface area contributed by atoms with Gasteiger partial charge in [0, 0.05) is 5.69 Å². The highest BCUT2D eigenvalue weighted by Crippen LogP contribution is 2.32. The van der Waals surface area contributed by atoms with Gasteiger partial charge in [0.2, 0.25) is 5.91 Å². The highest BCUT2D eigenvalue weighted by atomic mass is 19.1. The number of imide groups is 1. The molecule has 170 valence electrons. The maximum absolute atomic E-state index is 13.2. The van der Waals surface area contributed by atoms with E-state index in [2.05, 4.69) is 15.7 Å². The van der Waals surface area contributed by atoms with Crippen LogP contribution < -0.4 is 15.0 Å². The average molecular weight is 459 g/mol. The minimum atomic E-state index is -1.04. The molecule has 0 aromatic heterocycles. The van der Waals surface area contributed by atoms with Gasteiger partial charge < -0.3 is 10.1 Å². The summed E-state index contributed by atoms with van der Waals surface area (Å²) < 4.78 is 18.9. The predicted octanol–water partition coefficient (Wildman–Crippen LogP) is 3.55. The van der Waals surface area contributed by atoms with E-state index in [-0.39, 0.29) is 12.2 Å². The zero-order chi connectivity index (χ0) is 23.7. The van der Waals surface area contributed by atoms with E-state index >= 15 is 0 Å². The number of para-hydroxylation sites is 1. The number of nitrogens with zero attached hydrogens (tertiary/aromatic N) is 4. The number of amides is 3. The van der Waals surface area contributed by atoms with Gasteiger partial charge in [-0.1, -0.05) is 23.4 Å². The lowest BCUT2D eigenvalue weighted by atomic mass is 10.1. The van der Waals surface area contributed by atoms with E-state index < -0.39 is 35.6 Å². The van der Waals surface area contributed by atoms with Crippen LogP contribution in [0, 0.1) is 5.82 Å². The summed E-state index contributed by atoms with van der Waals surface area (Å²) in [6, 6.07) is 19.0. The summed E-state index contributed by atoms with van der Waals surface area (Å²) >= 11 is 0. The van der Waals surface area contributed by atoms with Crippen molar-refractivity contribution >= 4 is 29.1 Å². The van der Waals surface area contributed by atoms with Crippen LogP contribution in [0.4, 0.5) is 15.8 Å². The third-order valence-corrected chi connectivity index (χ3v) is 5.37. The molecule has 9 nitrogen and oxygen atoms in total. The highest BCUT2D eigenvalue weighted by molar-refractivity contribution is 6.25. The van der Waals surface area contributed by atoms with Crippen LogP contribution in [0.25, 0.3) is 0 Å². The van der Waals surface area contributed by atoms with Gasteiger partial charge in [-0.25, -0.2) is 9.29 Å². The molecule has 1 fully saturated rings. The molecule has 3 aromatic rings. The molecule has 34 heavy (non-hydrogen) atoms. The second-order valence-corrected chi connectivity index (χ2v) is 7.67. The van der Waals surface area contributed by atoms with Crippen LogP contribution in [0.5, 0.6) is 11.5 Å². The number of halogens is 1. The van der Waals surface area contributed by atoms with Crippen LogP contribution in [0.2, 0.25) is 0 Å². The van der Waals surface area contributed by atoms with Crippen LogP contribution >= 0.6 is 0 Å². The van der Waals surface area contributed by atoms with E-state index in [4.69, 9.17) is 4.74 Å². The molecule has 3 aromatic carbocycles. The Hall–Kier alpha value is -4.60. The number of hydrogen-bond acceptors (Lipinski definition) is 7. The number of carbonyl (C=O) groups excluding carboxylic acids is 3. The molecule has 0 aliphatic carbocycles. The van der Waals surface area contributed by atoms with Gasteiger partial charge in [0.05, 0.1) is 5.69 Å². The number of ether oxygens (including phenoxy) is 1. The van der Waals surface area contributed by atoms with Gasteiger partial charge in [-0.2, -0.15) is 5.11 Å². The first-order valence-electron chi connectivity index (χ1n) is 10.4. The van der Waals surface area contributed by atoms with Crippen molar-refractivity contribution < 1.29 is 23.5 Å². The summed E-state index contributed by atoms with van der Waals surface area (Å²) in [6.07, 6.45) is 0. The lowest BCUT2D eigenvalue weighted by molar-refractivity contribution is -0.123. The predicted molar refractivity (Wildman–Crippen MR) is 120 cm³/mol. The Morgan fingerprint density at radius 3 is 2.29 bits per heavy atom. The monoisotopic (exact) mass is 459 g/mol. The zero-order valence-electron chi connectivity index (χ0n) is 17.7. The smallest absolute Gasteiger partial charge is 0.263 e. The number of nitrogens with one attached hydrogen (secondary N) is 1. The van der Waals surface area contributed by atoms with E-state index in [0.29, 0.717) is 17.2 Å². The Bertz CT molecular complexity index is 1260. The molecule has 2 aliphatic heterocycles. The normalized spacial score (nSPS) is 18.9. The summed E-state index contributed by atoms with van der Waals surface area (Å²) in [6.45, 7) is -0.275. The van der Waals surface area contributed by atoms with Gasteiger partial charge in [0.1, 0.15) is 23.9 Å². The Balaban J connectivity index is 1.22. The van der Waals surface area contributed by atoms with Crippen molar-refractivity contribution in [1.29, 1.82) is 0 Å². The van der Waals surface area contributed by atoms with E-state index in [1.165, 1.54) is 17.1 Å². The largest absolute Gasteiger partial charge is 0.457 e. The average Bonchev–Trinajstić information content (AvgIpc) is 3.36. The van der Waals surface area contributed by atoms with Crippen LogP contribution in [0.3, 0.4) is 0 Å². The molecule has 2 heterocycles. The van der Waals surface area contributed by atoms with Gasteiger partial charge in [0.15, 0.2) is 12.1 Å². The summed E-state index contributed by atoms with van der Waals surface area (Å²) in [5, 5.41) is 11.7. The SMILES string of the molecule is O=C(CN1N=N[C@H]2C(=O)N(c3ccc(F)cc3)C(=O)[C@@H]21)Nc1ccc(Oc2ccccc2)cc1. The fourth-order valence-corrected chi connectivity index (χ4v) is 3.78. The van der Waals surface area contributed by atoms with Crippen LogP contribution in [-0.2, 0) is 14.4 Å². The molecule has 0 unspecified atom stereocenters. The Kier molecular flexibility index (Phi) is 5.46. The van der Waals surface area contributed by atoms with Crippen molar-refractivity contribution in [3.8, 4) is 11.5 Å². The minimum Gasteiger partial charge on any atom is -0.457 e. The van der Waals surface area contributed by atoms with Crippen molar-refractivity contribution in [2.75, 3.05) is 16.8 Å². The number of benzene rings is 3. The number of hydrogen-bond donors (Lipinski definition) is 1. The first kappa shape index (κ1) is 21.3. The summed E-state index contributed by atoms with van der Waals surface area (Å²) in [7, 11) is 0. The van der Waals surface area contributed by atoms with E-state index in [9.17, 15) is 18.8 Å². The van der Waals surface area contributed by atoms with Crippen molar-refractivity contribution in [2.45, 2.75) is 12.1 Å². The van der Waals surface area contributed by atoms with Crippen LogP contribution in [0.1, 0.15) is 0 Å².